The van der Waals surface area contributed by atoms with Gasteiger partial charge in [0.25, 0.3) is 5.91 Å². The van der Waals surface area contributed by atoms with Crippen LogP contribution in [0.15, 0.2) is 47.0 Å². The number of benzene rings is 2. The maximum absolute atomic E-state index is 13.9. The Labute approximate surface area is 146 Å². The molecule has 1 aliphatic rings. The zero-order valence-electron chi connectivity index (χ0n) is 13.5. The molecule has 0 atom stereocenters. The van der Waals surface area contributed by atoms with Crippen LogP contribution in [0, 0.1) is 17.5 Å². The standard InChI is InChI=1S/C19H13F3N2O2/c20-12-3-1-11(2-4-12)18-14-7-8-24(10-17(14)23-26-18)19(25)15-9-13(21)5-6-16(15)22/h1-6,9H,7-8,10H2. The number of amides is 1. The predicted octanol–water partition coefficient (Wildman–Crippen LogP) is 3.96. The Morgan fingerprint density at radius 3 is 2.54 bits per heavy atom. The lowest BCUT2D eigenvalue weighted by Gasteiger charge is -2.26. The van der Waals surface area contributed by atoms with Gasteiger partial charge in [0.05, 0.1) is 12.1 Å². The number of rotatable bonds is 2. The molecule has 4 rings (SSSR count). The molecule has 0 radical (unpaired) electrons. The summed E-state index contributed by atoms with van der Waals surface area (Å²) in [5.41, 5.74) is 1.77. The molecule has 7 heteroatoms. The zero-order valence-corrected chi connectivity index (χ0v) is 13.5. The summed E-state index contributed by atoms with van der Waals surface area (Å²) in [6, 6.07) is 8.63. The molecule has 0 saturated carbocycles. The highest BCUT2D eigenvalue weighted by Crippen LogP contribution is 2.31. The lowest BCUT2D eigenvalue weighted by atomic mass is 10.00. The maximum Gasteiger partial charge on any atom is 0.257 e. The van der Waals surface area contributed by atoms with Crippen LogP contribution in [-0.2, 0) is 13.0 Å². The maximum atomic E-state index is 13.9. The van der Waals surface area contributed by atoms with Crippen molar-refractivity contribution < 1.29 is 22.5 Å². The fourth-order valence-corrected chi connectivity index (χ4v) is 3.06. The first kappa shape index (κ1) is 16.4. The van der Waals surface area contributed by atoms with Gasteiger partial charge in [0, 0.05) is 17.7 Å². The highest BCUT2D eigenvalue weighted by molar-refractivity contribution is 5.94. The predicted molar refractivity (Wildman–Crippen MR) is 86.7 cm³/mol. The van der Waals surface area contributed by atoms with Gasteiger partial charge in [-0.1, -0.05) is 5.16 Å². The molecule has 0 bridgehead atoms. The minimum Gasteiger partial charge on any atom is -0.356 e. The number of aromatic nitrogens is 1. The van der Waals surface area contributed by atoms with Crippen LogP contribution in [0.25, 0.3) is 11.3 Å². The normalized spacial score (nSPS) is 13.6. The molecule has 1 aromatic heterocycles. The molecule has 0 unspecified atom stereocenters. The lowest BCUT2D eigenvalue weighted by molar-refractivity contribution is 0.0726. The number of carbonyl (C=O) groups is 1. The molecule has 26 heavy (non-hydrogen) atoms. The largest absolute Gasteiger partial charge is 0.356 e. The fourth-order valence-electron chi connectivity index (χ4n) is 3.06. The molecular weight excluding hydrogens is 345 g/mol. The molecule has 0 saturated heterocycles. The van der Waals surface area contributed by atoms with Crippen molar-refractivity contribution in [2.75, 3.05) is 6.54 Å². The molecule has 0 spiro atoms. The highest BCUT2D eigenvalue weighted by Gasteiger charge is 2.29. The highest BCUT2D eigenvalue weighted by atomic mass is 19.1. The van der Waals surface area contributed by atoms with Crippen molar-refractivity contribution in [3.05, 3.63) is 76.7 Å². The van der Waals surface area contributed by atoms with E-state index in [9.17, 15) is 18.0 Å². The van der Waals surface area contributed by atoms with E-state index in [0.29, 0.717) is 30.0 Å². The first-order valence-corrected chi connectivity index (χ1v) is 8.00. The summed E-state index contributed by atoms with van der Waals surface area (Å²) in [5.74, 6) is -1.86. The quantitative estimate of drug-likeness (QED) is 0.697. The third kappa shape index (κ3) is 2.85. The summed E-state index contributed by atoms with van der Waals surface area (Å²) < 4.78 is 45.6. The Bertz CT molecular complexity index is 983. The van der Waals surface area contributed by atoms with Crippen LogP contribution in [0.1, 0.15) is 21.6 Å². The molecular formula is C19H13F3N2O2. The average Bonchev–Trinajstić information content (AvgIpc) is 3.07. The van der Waals surface area contributed by atoms with Gasteiger partial charge in [0.2, 0.25) is 0 Å². The van der Waals surface area contributed by atoms with Crippen LogP contribution >= 0.6 is 0 Å². The van der Waals surface area contributed by atoms with E-state index in [0.717, 1.165) is 23.8 Å². The smallest absolute Gasteiger partial charge is 0.257 e. The molecule has 0 fully saturated rings. The second-order valence-corrected chi connectivity index (χ2v) is 6.04. The number of halogens is 3. The van der Waals surface area contributed by atoms with E-state index in [2.05, 4.69) is 5.16 Å². The van der Waals surface area contributed by atoms with Crippen LogP contribution in [0.5, 0.6) is 0 Å². The van der Waals surface area contributed by atoms with Crippen molar-refractivity contribution in [3.8, 4) is 11.3 Å². The van der Waals surface area contributed by atoms with E-state index in [1.807, 2.05) is 0 Å². The Morgan fingerprint density at radius 2 is 1.77 bits per heavy atom. The second-order valence-electron chi connectivity index (χ2n) is 6.04. The van der Waals surface area contributed by atoms with E-state index < -0.39 is 17.5 Å². The van der Waals surface area contributed by atoms with Crippen LogP contribution in [0.3, 0.4) is 0 Å². The summed E-state index contributed by atoms with van der Waals surface area (Å²) in [5, 5.41) is 3.99. The zero-order chi connectivity index (χ0) is 18.3. The van der Waals surface area contributed by atoms with Crippen LogP contribution in [-0.4, -0.2) is 22.5 Å². The first-order chi connectivity index (χ1) is 12.5. The van der Waals surface area contributed by atoms with Gasteiger partial charge in [0.15, 0.2) is 5.76 Å². The summed E-state index contributed by atoms with van der Waals surface area (Å²) in [6.45, 7) is 0.450. The van der Waals surface area contributed by atoms with E-state index in [4.69, 9.17) is 4.52 Å². The van der Waals surface area contributed by atoms with Crippen molar-refractivity contribution >= 4 is 5.91 Å². The van der Waals surface area contributed by atoms with Gasteiger partial charge < -0.3 is 9.42 Å². The summed E-state index contributed by atoms with van der Waals surface area (Å²) >= 11 is 0. The van der Waals surface area contributed by atoms with E-state index in [1.54, 1.807) is 12.1 Å². The number of hydrogen-bond acceptors (Lipinski definition) is 3. The second kappa shape index (κ2) is 6.33. The SMILES string of the molecule is O=C(c1cc(F)ccc1F)N1CCc2c(noc2-c2ccc(F)cc2)C1. The lowest BCUT2D eigenvalue weighted by Crippen LogP contribution is -2.36. The van der Waals surface area contributed by atoms with Crippen LogP contribution < -0.4 is 0 Å². The third-order valence-electron chi connectivity index (χ3n) is 4.39. The molecule has 1 aliphatic heterocycles. The van der Waals surface area contributed by atoms with Gasteiger partial charge in [-0.05, 0) is 48.9 Å². The average molecular weight is 358 g/mol. The molecule has 2 heterocycles. The minimum atomic E-state index is -0.769. The molecule has 0 aliphatic carbocycles. The number of carbonyl (C=O) groups excluding carboxylic acids is 1. The van der Waals surface area contributed by atoms with Crippen LogP contribution in [0.4, 0.5) is 13.2 Å². The van der Waals surface area contributed by atoms with E-state index in [-0.39, 0.29) is 17.9 Å². The molecule has 1 amide bonds. The van der Waals surface area contributed by atoms with Gasteiger partial charge in [-0.15, -0.1) is 0 Å². The third-order valence-corrected chi connectivity index (χ3v) is 4.39. The Hall–Kier alpha value is -3.09. The first-order valence-electron chi connectivity index (χ1n) is 8.00. The monoisotopic (exact) mass is 358 g/mol. The minimum absolute atomic E-state index is 0.134. The van der Waals surface area contributed by atoms with Gasteiger partial charge in [-0.2, -0.15) is 0 Å². The van der Waals surface area contributed by atoms with Crippen molar-refractivity contribution in [1.29, 1.82) is 0 Å². The summed E-state index contributed by atoms with van der Waals surface area (Å²) in [4.78, 5) is 13.9. The Balaban J connectivity index is 1.60. The molecule has 4 nitrogen and oxygen atoms in total. The van der Waals surface area contributed by atoms with Gasteiger partial charge in [-0.25, -0.2) is 13.2 Å². The van der Waals surface area contributed by atoms with Crippen molar-refractivity contribution in [1.82, 2.24) is 10.1 Å². The van der Waals surface area contributed by atoms with Crippen molar-refractivity contribution in [2.45, 2.75) is 13.0 Å². The van der Waals surface area contributed by atoms with Crippen LogP contribution in [0.2, 0.25) is 0 Å². The number of fused-ring (bicyclic) bond motifs is 1. The van der Waals surface area contributed by atoms with Gasteiger partial charge in [0.1, 0.15) is 23.1 Å². The summed E-state index contributed by atoms with van der Waals surface area (Å²) in [7, 11) is 0. The Morgan fingerprint density at radius 1 is 1.04 bits per heavy atom. The number of nitrogens with zero attached hydrogens (tertiary/aromatic N) is 2. The molecule has 132 valence electrons. The van der Waals surface area contributed by atoms with Crippen molar-refractivity contribution in [3.63, 3.8) is 0 Å². The van der Waals surface area contributed by atoms with E-state index in [1.165, 1.54) is 17.0 Å². The molecule has 2 aromatic carbocycles. The Kier molecular flexibility index (Phi) is 3.99. The molecule has 0 N–H and O–H groups in total. The molecule has 3 aromatic rings. The van der Waals surface area contributed by atoms with Crippen molar-refractivity contribution in [2.24, 2.45) is 0 Å². The van der Waals surface area contributed by atoms with E-state index >= 15 is 0 Å². The summed E-state index contributed by atoms with van der Waals surface area (Å²) in [6.07, 6.45) is 0.453. The van der Waals surface area contributed by atoms with Gasteiger partial charge in [-0.3, -0.25) is 4.79 Å². The number of hydrogen-bond donors (Lipinski definition) is 0. The van der Waals surface area contributed by atoms with Gasteiger partial charge >= 0.3 is 0 Å². The topological polar surface area (TPSA) is 46.3 Å². The fraction of sp³-hybridized carbons (Fsp3) is 0.158.